The predicted molar refractivity (Wildman–Crippen MR) is 90.7 cm³/mol. The first-order valence-corrected chi connectivity index (χ1v) is 8.24. The fourth-order valence-electron chi connectivity index (χ4n) is 3.18. The molecule has 1 N–H and O–H groups in total. The van der Waals surface area contributed by atoms with Crippen LogP contribution in [0, 0.1) is 18.7 Å². The third-order valence-corrected chi connectivity index (χ3v) is 4.77. The zero-order valence-corrected chi connectivity index (χ0v) is 14.6. The van der Waals surface area contributed by atoms with Crippen LogP contribution in [0.25, 0.3) is 0 Å². The molecule has 0 radical (unpaired) electrons. The number of nitrogens with zero attached hydrogens (tertiary/aromatic N) is 2. The Bertz CT molecular complexity index is 547. The van der Waals surface area contributed by atoms with Crippen molar-refractivity contribution in [3.05, 3.63) is 35.1 Å². The lowest BCUT2D eigenvalue weighted by Crippen LogP contribution is -2.39. The second kappa shape index (κ2) is 7.88. The van der Waals surface area contributed by atoms with E-state index in [1.165, 1.54) is 12.1 Å². The van der Waals surface area contributed by atoms with E-state index >= 15 is 0 Å². The van der Waals surface area contributed by atoms with E-state index in [-0.39, 0.29) is 17.6 Å². The van der Waals surface area contributed by atoms with Crippen LogP contribution in [0.1, 0.15) is 24.0 Å². The number of likely N-dealkylation sites (N-methyl/N-ethyl adjacent to an activating group) is 2. The molecule has 4 nitrogen and oxygen atoms in total. The van der Waals surface area contributed by atoms with Gasteiger partial charge in [0.2, 0.25) is 5.91 Å². The predicted octanol–water partition coefficient (Wildman–Crippen LogP) is 2.02. The number of rotatable bonds is 4. The average Bonchev–Trinajstić information content (AvgIpc) is 2.70. The number of hydrogen-bond donors (Lipinski definition) is 1. The second-order valence-electron chi connectivity index (χ2n) is 6.90. The van der Waals surface area contributed by atoms with Gasteiger partial charge in [0.05, 0.1) is 5.92 Å². The molecule has 0 aromatic heterocycles. The van der Waals surface area contributed by atoms with Gasteiger partial charge < -0.3 is 15.1 Å². The third-order valence-electron chi connectivity index (χ3n) is 4.77. The number of carbonyl (C=O) groups excluding carboxylic acids is 1. The van der Waals surface area contributed by atoms with Crippen LogP contribution >= 0.6 is 0 Å². The van der Waals surface area contributed by atoms with E-state index in [4.69, 9.17) is 0 Å². The zero-order valence-electron chi connectivity index (χ0n) is 14.6. The lowest BCUT2D eigenvalue weighted by molar-refractivity contribution is -0.125. The molecule has 0 aliphatic carbocycles. The summed E-state index contributed by atoms with van der Waals surface area (Å²) in [6.45, 7) is 4.08. The molecule has 1 fully saturated rings. The van der Waals surface area contributed by atoms with Crippen molar-refractivity contribution in [1.82, 2.24) is 15.1 Å². The van der Waals surface area contributed by atoms with Crippen LogP contribution < -0.4 is 5.32 Å². The van der Waals surface area contributed by atoms with Gasteiger partial charge in [-0.25, -0.2) is 4.39 Å². The summed E-state index contributed by atoms with van der Waals surface area (Å²) < 4.78 is 13.3. The smallest absolute Gasteiger partial charge is 0.224 e. The van der Waals surface area contributed by atoms with E-state index in [9.17, 15) is 9.18 Å². The molecule has 23 heavy (non-hydrogen) atoms. The van der Waals surface area contributed by atoms with Crippen LogP contribution in [0.15, 0.2) is 18.2 Å². The first kappa shape index (κ1) is 17.9. The fraction of sp³-hybridized carbons (Fsp3) is 0.611. The highest BCUT2D eigenvalue weighted by Gasteiger charge is 2.27. The molecule has 1 aliphatic rings. The topological polar surface area (TPSA) is 35.6 Å². The van der Waals surface area contributed by atoms with Gasteiger partial charge in [-0.2, -0.15) is 0 Å². The summed E-state index contributed by atoms with van der Waals surface area (Å²) in [5, 5.41) is 2.98. The number of hydrogen-bond acceptors (Lipinski definition) is 3. The van der Waals surface area contributed by atoms with Crippen molar-refractivity contribution < 1.29 is 9.18 Å². The maximum absolute atomic E-state index is 13.3. The highest BCUT2D eigenvalue weighted by molar-refractivity contribution is 5.78. The zero-order chi connectivity index (χ0) is 17.0. The van der Waals surface area contributed by atoms with E-state index in [1.54, 1.807) is 6.07 Å². The van der Waals surface area contributed by atoms with Crippen molar-refractivity contribution in [2.75, 3.05) is 34.2 Å². The van der Waals surface area contributed by atoms with Gasteiger partial charge in [-0.3, -0.25) is 4.79 Å². The van der Waals surface area contributed by atoms with Crippen molar-refractivity contribution in [2.24, 2.45) is 5.92 Å². The molecule has 1 amide bonds. The molecular formula is C18H28FN3O. The highest BCUT2D eigenvalue weighted by Crippen LogP contribution is 2.19. The van der Waals surface area contributed by atoms with Crippen molar-refractivity contribution >= 4 is 5.91 Å². The Labute approximate surface area is 138 Å². The molecule has 1 aromatic rings. The highest BCUT2D eigenvalue weighted by atomic mass is 19.1. The lowest BCUT2D eigenvalue weighted by Gasteiger charge is -2.25. The summed E-state index contributed by atoms with van der Waals surface area (Å²) in [5.41, 5.74) is 1.84. The van der Waals surface area contributed by atoms with Crippen molar-refractivity contribution in [2.45, 2.75) is 32.4 Å². The summed E-state index contributed by atoms with van der Waals surface area (Å²) in [7, 11) is 6.25. The van der Waals surface area contributed by atoms with Gasteiger partial charge in [-0.1, -0.05) is 6.07 Å². The monoisotopic (exact) mass is 321 g/mol. The maximum atomic E-state index is 13.3. The average molecular weight is 321 g/mol. The van der Waals surface area contributed by atoms with E-state index in [0.29, 0.717) is 12.6 Å². The molecule has 0 saturated carbocycles. The Hall–Kier alpha value is -1.46. The van der Waals surface area contributed by atoms with Crippen molar-refractivity contribution in [3.63, 3.8) is 0 Å². The quantitative estimate of drug-likeness (QED) is 0.922. The van der Waals surface area contributed by atoms with Crippen LogP contribution in [-0.2, 0) is 11.3 Å². The van der Waals surface area contributed by atoms with Crippen molar-refractivity contribution in [1.29, 1.82) is 0 Å². The van der Waals surface area contributed by atoms with Crippen LogP contribution in [0.5, 0.6) is 0 Å². The van der Waals surface area contributed by atoms with Gasteiger partial charge >= 0.3 is 0 Å². The van der Waals surface area contributed by atoms with Crippen molar-refractivity contribution in [3.8, 4) is 0 Å². The Morgan fingerprint density at radius 3 is 2.78 bits per heavy atom. The van der Waals surface area contributed by atoms with Gasteiger partial charge in [-0.15, -0.1) is 0 Å². The Kier molecular flexibility index (Phi) is 6.13. The molecule has 2 rings (SSSR count). The number of aryl methyl sites for hydroxylation is 1. The molecule has 5 heteroatoms. The summed E-state index contributed by atoms with van der Waals surface area (Å²) in [6, 6.07) is 5.18. The normalized spacial score (nSPS) is 22.9. The number of amides is 1. The number of benzene rings is 1. The first-order chi connectivity index (χ1) is 10.9. The molecule has 0 spiro atoms. The van der Waals surface area contributed by atoms with E-state index in [1.807, 2.05) is 6.92 Å². The molecule has 1 heterocycles. The Morgan fingerprint density at radius 2 is 2.09 bits per heavy atom. The van der Waals surface area contributed by atoms with Crippen LogP contribution in [0.4, 0.5) is 4.39 Å². The van der Waals surface area contributed by atoms with Crippen LogP contribution in [-0.4, -0.2) is 56.0 Å². The largest absolute Gasteiger partial charge is 0.352 e. The van der Waals surface area contributed by atoms with Crippen LogP contribution in [0.3, 0.4) is 0 Å². The fourth-order valence-corrected chi connectivity index (χ4v) is 3.18. The van der Waals surface area contributed by atoms with E-state index < -0.39 is 0 Å². The summed E-state index contributed by atoms with van der Waals surface area (Å²) in [5.74, 6) is -0.193. The summed E-state index contributed by atoms with van der Waals surface area (Å²) in [4.78, 5) is 17.0. The number of nitrogens with one attached hydrogen (secondary N) is 1. The van der Waals surface area contributed by atoms with Gasteiger partial charge in [-0.05, 0) is 64.2 Å². The molecule has 1 saturated heterocycles. The molecule has 0 unspecified atom stereocenters. The summed E-state index contributed by atoms with van der Waals surface area (Å²) in [6.07, 6.45) is 1.91. The molecule has 1 aliphatic heterocycles. The molecule has 1 aromatic carbocycles. The van der Waals surface area contributed by atoms with E-state index in [2.05, 4.69) is 36.3 Å². The standard InChI is InChI=1S/C18H28FN3O/c1-13-5-7-16(19)9-15(13)10-20-18(23)14-6-8-17(21(2)3)12-22(4)11-14/h5,7,9,14,17H,6,8,10-12H2,1-4H3,(H,20,23)/t14-,17+/m1/s1. The molecule has 128 valence electrons. The van der Waals surface area contributed by atoms with Gasteiger partial charge in [0.1, 0.15) is 5.82 Å². The maximum Gasteiger partial charge on any atom is 0.224 e. The third kappa shape index (κ3) is 5.01. The number of carbonyl (C=O) groups is 1. The molecule has 2 atom stereocenters. The van der Waals surface area contributed by atoms with E-state index in [0.717, 1.165) is 37.1 Å². The molecule has 0 bridgehead atoms. The minimum Gasteiger partial charge on any atom is -0.352 e. The number of halogens is 1. The minimum atomic E-state index is -0.261. The first-order valence-electron chi connectivity index (χ1n) is 8.24. The molecular weight excluding hydrogens is 293 g/mol. The SMILES string of the molecule is Cc1ccc(F)cc1CNC(=O)[C@@H]1CC[C@H](N(C)C)CN(C)C1. The summed E-state index contributed by atoms with van der Waals surface area (Å²) >= 11 is 0. The van der Waals surface area contributed by atoms with Gasteiger partial charge in [0.25, 0.3) is 0 Å². The Morgan fingerprint density at radius 1 is 1.35 bits per heavy atom. The lowest BCUT2D eigenvalue weighted by atomic mass is 10.0. The second-order valence-corrected chi connectivity index (χ2v) is 6.90. The Balaban J connectivity index is 1.93. The van der Waals surface area contributed by atoms with Gasteiger partial charge in [0.15, 0.2) is 0 Å². The minimum absolute atomic E-state index is 0.00110. The van der Waals surface area contributed by atoms with Crippen LogP contribution in [0.2, 0.25) is 0 Å². The number of likely N-dealkylation sites (tertiary alicyclic amines) is 1. The van der Waals surface area contributed by atoms with Gasteiger partial charge in [0, 0.05) is 25.7 Å².